The molecule has 0 aliphatic heterocycles. The Morgan fingerprint density at radius 1 is 1.73 bits per heavy atom. The molecule has 1 rings (SSSR count). The summed E-state index contributed by atoms with van der Waals surface area (Å²) in [6.45, 7) is 4.07. The van der Waals surface area contributed by atoms with Crippen LogP contribution in [0.25, 0.3) is 0 Å². The molecule has 0 saturated carbocycles. The Balaban J connectivity index is 2.29. The number of aliphatic hydroxyl groups excluding tert-OH is 1. The number of aliphatic hydroxyl groups is 1. The van der Waals surface area contributed by atoms with Gasteiger partial charge in [-0.25, -0.2) is 0 Å². The lowest BCUT2D eigenvalue weighted by Crippen LogP contribution is -2.12. The second-order valence-corrected chi connectivity index (χ2v) is 3.78. The van der Waals surface area contributed by atoms with Crippen LogP contribution in [0, 0.1) is 5.92 Å². The summed E-state index contributed by atoms with van der Waals surface area (Å²) in [5, 5.41) is 9.15. The average molecular weight is 154 g/mol. The topological polar surface area (TPSA) is 20.2 Å². The Labute approximate surface area is 69.1 Å². The van der Waals surface area contributed by atoms with Crippen molar-refractivity contribution in [2.24, 2.45) is 5.92 Å². The quantitative estimate of drug-likeness (QED) is 0.606. The van der Waals surface area contributed by atoms with Crippen LogP contribution >= 0.6 is 0 Å². The van der Waals surface area contributed by atoms with E-state index in [2.05, 4.69) is 13.0 Å². The van der Waals surface area contributed by atoms with Gasteiger partial charge in [-0.2, -0.15) is 0 Å². The smallest absolute Gasteiger partial charge is 0.0514 e. The summed E-state index contributed by atoms with van der Waals surface area (Å²) in [4.78, 5) is 0. The van der Waals surface area contributed by atoms with E-state index in [9.17, 15) is 0 Å². The maximum atomic E-state index is 9.15. The van der Waals surface area contributed by atoms with Gasteiger partial charge in [0.05, 0.1) is 6.10 Å². The van der Waals surface area contributed by atoms with E-state index in [-0.39, 0.29) is 6.10 Å². The molecule has 1 aliphatic carbocycles. The van der Waals surface area contributed by atoms with Crippen molar-refractivity contribution in [3.05, 3.63) is 11.6 Å². The van der Waals surface area contributed by atoms with Crippen LogP contribution in [0.15, 0.2) is 11.6 Å². The lowest BCUT2D eigenvalue weighted by atomic mass is 9.87. The van der Waals surface area contributed by atoms with Crippen molar-refractivity contribution in [1.29, 1.82) is 0 Å². The molecule has 1 nitrogen and oxygen atoms in total. The summed E-state index contributed by atoms with van der Waals surface area (Å²) in [6, 6.07) is 0. The van der Waals surface area contributed by atoms with Gasteiger partial charge in [-0.1, -0.05) is 11.6 Å². The van der Waals surface area contributed by atoms with Crippen molar-refractivity contribution in [2.45, 2.75) is 45.6 Å². The first kappa shape index (κ1) is 8.79. The molecule has 11 heavy (non-hydrogen) atoms. The standard InChI is InChI=1S/C10H18O/c1-8-3-5-10(6-4-8)7-9(2)11/h3,9-11H,4-7H2,1-2H3. The number of hydrogen-bond donors (Lipinski definition) is 1. The Morgan fingerprint density at radius 2 is 2.45 bits per heavy atom. The molecular weight excluding hydrogens is 136 g/mol. The minimum Gasteiger partial charge on any atom is -0.393 e. The molecule has 0 bridgehead atoms. The summed E-state index contributed by atoms with van der Waals surface area (Å²) >= 11 is 0. The molecule has 0 aromatic rings. The SMILES string of the molecule is CC1=CCC(CC(C)O)CC1. The number of allylic oxidation sites excluding steroid dienone is 2. The zero-order chi connectivity index (χ0) is 8.27. The van der Waals surface area contributed by atoms with Gasteiger partial charge in [0.2, 0.25) is 0 Å². The molecule has 1 heteroatoms. The first-order valence-corrected chi connectivity index (χ1v) is 4.52. The lowest BCUT2D eigenvalue weighted by Gasteiger charge is -2.21. The maximum Gasteiger partial charge on any atom is 0.0514 e. The van der Waals surface area contributed by atoms with E-state index in [1.807, 2.05) is 6.92 Å². The molecule has 1 aliphatic rings. The number of rotatable bonds is 2. The highest BCUT2D eigenvalue weighted by atomic mass is 16.3. The molecule has 2 unspecified atom stereocenters. The highest BCUT2D eigenvalue weighted by Gasteiger charge is 2.13. The minimum absolute atomic E-state index is 0.119. The van der Waals surface area contributed by atoms with E-state index in [0.717, 1.165) is 12.3 Å². The number of hydrogen-bond acceptors (Lipinski definition) is 1. The molecule has 0 aromatic heterocycles. The molecule has 0 amide bonds. The molecule has 0 heterocycles. The third-order valence-electron chi connectivity index (χ3n) is 2.42. The van der Waals surface area contributed by atoms with Crippen molar-refractivity contribution >= 4 is 0 Å². The van der Waals surface area contributed by atoms with Crippen LogP contribution in [0.5, 0.6) is 0 Å². The molecule has 64 valence electrons. The zero-order valence-corrected chi connectivity index (χ0v) is 7.51. The molecule has 0 radical (unpaired) electrons. The summed E-state index contributed by atoms with van der Waals surface area (Å²) in [5.74, 6) is 0.735. The fraction of sp³-hybridized carbons (Fsp3) is 0.800. The molecule has 0 spiro atoms. The lowest BCUT2D eigenvalue weighted by molar-refractivity contribution is 0.156. The summed E-state index contributed by atoms with van der Waals surface area (Å²) < 4.78 is 0. The first-order chi connectivity index (χ1) is 5.18. The van der Waals surface area contributed by atoms with E-state index in [1.165, 1.54) is 24.8 Å². The van der Waals surface area contributed by atoms with Crippen LogP contribution in [-0.2, 0) is 0 Å². The van der Waals surface area contributed by atoms with Gasteiger partial charge in [0.15, 0.2) is 0 Å². The predicted molar refractivity (Wildman–Crippen MR) is 47.4 cm³/mol. The van der Waals surface area contributed by atoms with Crippen LogP contribution in [0.1, 0.15) is 39.5 Å². The maximum absolute atomic E-state index is 9.15. The largest absolute Gasteiger partial charge is 0.393 e. The average Bonchev–Trinajstić information content (AvgIpc) is 1.93. The normalized spacial score (nSPS) is 27.9. The van der Waals surface area contributed by atoms with Gasteiger partial charge in [-0.05, 0) is 45.4 Å². The summed E-state index contributed by atoms with van der Waals surface area (Å²) in [7, 11) is 0. The Morgan fingerprint density at radius 3 is 2.91 bits per heavy atom. The van der Waals surface area contributed by atoms with Gasteiger partial charge < -0.3 is 5.11 Å². The molecule has 0 aromatic carbocycles. The predicted octanol–water partition coefficient (Wildman–Crippen LogP) is 2.50. The van der Waals surface area contributed by atoms with Crippen LogP contribution in [0.2, 0.25) is 0 Å². The summed E-state index contributed by atoms with van der Waals surface area (Å²) in [5.41, 5.74) is 1.52. The van der Waals surface area contributed by atoms with Gasteiger partial charge in [0.25, 0.3) is 0 Å². The van der Waals surface area contributed by atoms with Crippen molar-refractivity contribution in [1.82, 2.24) is 0 Å². The molecule has 1 N–H and O–H groups in total. The van der Waals surface area contributed by atoms with Gasteiger partial charge in [-0.15, -0.1) is 0 Å². The van der Waals surface area contributed by atoms with Crippen LogP contribution in [0.4, 0.5) is 0 Å². The molecule has 0 saturated heterocycles. The highest BCUT2D eigenvalue weighted by Crippen LogP contribution is 2.26. The van der Waals surface area contributed by atoms with E-state index >= 15 is 0 Å². The minimum atomic E-state index is -0.119. The fourth-order valence-electron chi connectivity index (χ4n) is 1.72. The zero-order valence-electron chi connectivity index (χ0n) is 7.51. The Kier molecular flexibility index (Phi) is 3.13. The molecular formula is C10H18O. The third-order valence-corrected chi connectivity index (χ3v) is 2.42. The van der Waals surface area contributed by atoms with E-state index < -0.39 is 0 Å². The Bertz CT molecular complexity index is 147. The second kappa shape index (κ2) is 3.91. The molecule has 2 atom stereocenters. The van der Waals surface area contributed by atoms with Gasteiger partial charge in [0.1, 0.15) is 0 Å². The van der Waals surface area contributed by atoms with Gasteiger partial charge in [0, 0.05) is 0 Å². The highest BCUT2D eigenvalue weighted by molar-refractivity contribution is 5.02. The van der Waals surface area contributed by atoms with Crippen molar-refractivity contribution in [2.75, 3.05) is 0 Å². The first-order valence-electron chi connectivity index (χ1n) is 4.52. The van der Waals surface area contributed by atoms with Gasteiger partial charge >= 0.3 is 0 Å². The van der Waals surface area contributed by atoms with E-state index in [1.54, 1.807) is 0 Å². The van der Waals surface area contributed by atoms with Crippen molar-refractivity contribution < 1.29 is 5.11 Å². The molecule has 0 fully saturated rings. The van der Waals surface area contributed by atoms with E-state index in [4.69, 9.17) is 5.11 Å². The van der Waals surface area contributed by atoms with E-state index in [0.29, 0.717) is 0 Å². The van der Waals surface area contributed by atoms with Crippen molar-refractivity contribution in [3.8, 4) is 0 Å². The Hall–Kier alpha value is -0.300. The van der Waals surface area contributed by atoms with Crippen LogP contribution in [0.3, 0.4) is 0 Å². The summed E-state index contributed by atoms with van der Waals surface area (Å²) in [6.07, 6.45) is 6.86. The fourth-order valence-corrected chi connectivity index (χ4v) is 1.72. The van der Waals surface area contributed by atoms with Gasteiger partial charge in [-0.3, -0.25) is 0 Å². The third kappa shape index (κ3) is 3.06. The van der Waals surface area contributed by atoms with Crippen molar-refractivity contribution in [3.63, 3.8) is 0 Å². The second-order valence-electron chi connectivity index (χ2n) is 3.78. The monoisotopic (exact) mass is 154 g/mol. The van der Waals surface area contributed by atoms with Crippen LogP contribution in [-0.4, -0.2) is 11.2 Å². The van der Waals surface area contributed by atoms with Crippen LogP contribution < -0.4 is 0 Å².